The average Bonchev–Trinajstić information content (AvgIpc) is 2.64. The lowest BCUT2D eigenvalue weighted by atomic mass is 10.5. The monoisotopic (exact) mass is 311 g/mol. The molecule has 0 aliphatic carbocycles. The zero-order valence-electron chi connectivity index (χ0n) is 9.26. The van der Waals surface area contributed by atoms with Gasteiger partial charge in [0.15, 0.2) is 0 Å². The maximum absolute atomic E-state index is 12.4. The molecule has 1 fully saturated rings. The minimum absolute atomic E-state index is 0.371. The zero-order valence-corrected chi connectivity index (χ0v) is 12.5. The molecule has 2 heterocycles. The maximum atomic E-state index is 12.4. The summed E-state index contributed by atoms with van der Waals surface area (Å²) in [4.78, 5) is 0.898. The van der Waals surface area contributed by atoms with Crippen LogP contribution in [-0.2, 0) is 15.9 Å². The molecule has 0 N–H and O–H groups in total. The summed E-state index contributed by atoms with van der Waals surface area (Å²) in [7, 11) is -3.29. The number of thioether (sulfide) groups is 1. The first kappa shape index (κ1) is 13.7. The fourth-order valence-electron chi connectivity index (χ4n) is 1.66. The van der Waals surface area contributed by atoms with Crippen molar-refractivity contribution < 1.29 is 8.42 Å². The van der Waals surface area contributed by atoms with Crippen LogP contribution in [-0.4, -0.2) is 37.3 Å². The highest BCUT2D eigenvalue weighted by molar-refractivity contribution is 7.99. The molecule has 1 aromatic rings. The van der Waals surface area contributed by atoms with Crippen molar-refractivity contribution in [1.29, 1.82) is 0 Å². The Bertz CT molecular complexity index is 464. The number of sulfonamides is 1. The Balaban J connectivity index is 2.22. The fourth-order valence-corrected chi connectivity index (χ4v) is 5.75. The van der Waals surface area contributed by atoms with Crippen LogP contribution in [0.3, 0.4) is 0 Å². The van der Waals surface area contributed by atoms with Crippen LogP contribution >= 0.6 is 34.7 Å². The molecule has 0 aromatic carbocycles. The molecule has 0 radical (unpaired) electrons. The predicted molar refractivity (Wildman–Crippen MR) is 74.6 cm³/mol. The van der Waals surface area contributed by atoms with Gasteiger partial charge >= 0.3 is 0 Å². The summed E-state index contributed by atoms with van der Waals surface area (Å²) in [6.45, 7) is 1.24. The summed E-state index contributed by atoms with van der Waals surface area (Å²) < 4.78 is 26.7. The van der Waals surface area contributed by atoms with Crippen LogP contribution in [0, 0.1) is 0 Å². The number of halogens is 1. The van der Waals surface area contributed by atoms with Gasteiger partial charge in [-0.25, -0.2) is 8.42 Å². The molecule has 1 aliphatic rings. The largest absolute Gasteiger partial charge is 0.252 e. The van der Waals surface area contributed by atoms with Crippen LogP contribution in [0.4, 0.5) is 0 Å². The van der Waals surface area contributed by atoms with E-state index < -0.39 is 10.0 Å². The summed E-state index contributed by atoms with van der Waals surface area (Å²) in [6.07, 6.45) is 0.928. The van der Waals surface area contributed by atoms with E-state index in [0.717, 1.165) is 22.8 Å². The van der Waals surface area contributed by atoms with Crippen molar-refractivity contribution in [3.63, 3.8) is 0 Å². The normalized spacial score (nSPS) is 19.1. The minimum Gasteiger partial charge on any atom is -0.206 e. The van der Waals surface area contributed by atoms with Gasteiger partial charge in [0, 0.05) is 23.7 Å². The Labute approximate surface area is 115 Å². The van der Waals surface area contributed by atoms with Crippen LogP contribution in [0.5, 0.6) is 0 Å². The molecular weight excluding hydrogens is 298 g/mol. The molecule has 1 saturated heterocycles. The SMILES string of the molecule is O=S(=O)(c1ccc(CCl)s1)N1CCCSCC1. The van der Waals surface area contributed by atoms with E-state index in [4.69, 9.17) is 11.6 Å². The standard InChI is InChI=1S/C10H14ClNO2S3/c11-8-9-2-3-10(16-9)17(13,14)12-4-1-6-15-7-5-12/h2-3H,1,4-8H2. The minimum atomic E-state index is -3.29. The average molecular weight is 312 g/mol. The summed E-state index contributed by atoms with van der Waals surface area (Å²) in [6, 6.07) is 3.45. The zero-order chi connectivity index (χ0) is 12.3. The second-order valence-electron chi connectivity index (χ2n) is 3.72. The maximum Gasteiger partial charge on any atom is 0.252 e. The van der Waals surface area contributed by atoms with Crippen LogP contribution in [0.15, 0.2) is 16.3 Å². The van der Waals surface area contributed by atoms with Crippen molar-refractivity contribution in [2.45, 2.75) is 16.5 Å². The van der Waals surface area contributed by atoms with E-state index in [-0.39, 0.29) is 0 Å². The Kier molecular flexibility index (Phi) is 4.77. The Morgan fingerprint density at radius 2 is 2.12 bits per heavy atom. The Morgan fingerprint density at radius 1 is 1.29 bits per heavy atom. The molecule has 0 unspecified atom stereocenters. The van der Waals surface area contributed by atoms with Gasteiger partial charge in [0.05, 0.1) is 5.88 Å². The highest BCUT2D eigenvalue weighted by Crippen LogP contribution is 2.27. The van der Waals surface area contributed by atoms with Crippen molar-refractivity contribution in [2.24, 2.45) is 0 Å². The van der Waals surface area contributed by atoms with Gasteiger partial charge in [-0.05, 0) is 24.3 Å². The van der Waals surface area contributed by atoms with Gasteiger partial charge in [-0.15, -0.1) is 22.9 Å². The lowest BCUT2D eigenvalue weighted by Crippen LogP contribution is -2.32. The van der Waals surface area contributed by atoms with Gasteiger partial charge in [0.1, 0.15) is 4.21 Å². The van der Waals surface area contributed by atoms with Crippen molar-refractivity contribution in [3.8, 4) is 0 Å². The first-order valence-corrected chi connectivity index (χ1v) is 9.32. The lowest BCUT2D eigenvalue weighted by Gasteiger charge is -2.18. The first-order chi connectivity index (χ1) is 8.14. The molecule has 96 valence electrons. The molecule has 1 aliphatic heterocycles. The highest BCUT2D eigenvalue weighted by atomic mass is 35.5. The van der Waals surface area contributed by atoms with E-state index in [1.54, 1.807) is 16.4 Å². The smallest absolute Gasteiger partial charge is 0.206 e. The Morgan fingerprint density at radius 3 is 2.82 bits per heavy atom. The molecule has 3 nitrogen and oxygen atoms in total. The van der Waals surface area contributed by atoms with E-state index in [1.165, 1.54) is 11.3 Å². The van der Waals surface area contributed by atoms with E-state index in [2.05, 4.69) is 0 Å². The summed E-state index contributed by atoms with van der Waals surface area (Å²) in [5.74, 6) is 2.30. The van der Waals surface area contributed by atoms with Gasteiger partial charge in [-0.3, -0.25) is 0 Å². The third-order valence-corrected chi connectivity index (χ3v) is 7.49. The van der Waals surface area contributed by atoms with Crippen molar-refractivity contribution in [3.05, 3.63) is 17.0 Å². The number of thiophene rings is 1. The van der Waals surface area contributed by atoms with Crippen LogP contribution in [0.1, 0.15) is 11.3 Å². The van der Waals surface area contributed by atoms with E-state index >= 15 is 0 Å². The van der Waals surface area contributed by atoms with Crippen LogP contribution < -0.4 is 0 Å². The third kappa shape index (κ3) is 3.17. The second-order valence-corrected chi connectivity index (χ2v) is 8.55. The molecule has 7 heteroatoms. The number of hydrogen-bond donors (Lipinski definition) is 0. The molecule has 2 rings (SSSR count). The summed E-state index contributed by atoms with van der Waals surface area (Å²) in [5.41, 5.74) is 0. The summed E-state index contributed by atoms with van der Waals surface area (Å²) >= 11 is 8.79. The number of rotatable bonds is 3. The van der Waals surface area contributed by atoms with Crippen molar-refractivity contribution >= 4 is 44.7 Å². The molecule has 0 bridgehead atoms. The molecule has 0 saturated carbocycles. The molecule has 1 aromatic heterocycles. The van der Waals surface area contributed by atoms with Crippen molar-refractivity contribution in [1.82, 2.24) is 4.31 Å². The molecule has 0 amide bonds. The first-order valence-electron chi connectivity index (χ1n) is 5.37. The van der Waals surface area contributed by atoms with Gasteiger partial charge in [-0.1, -0.05) is 0 Å². The fraction of sp³-hybridized carbons (Fsp3) is 0.600. The van der Waals surface area contributed by atoms with Gasteiger partial charge < -0.3 is 0 Å². The van der Waals surface area contributed by atoms with E-state index in [1.807, 2.05) is 11.8 Å². The van der Waals surface area contributed by atoms with E-state index in [9.17, 15) is 8.42 Å². The molecular formula is C10H14ClNO2S3. The molecule has 17 heavy (non-hydrogen) atoms. The molecule has 0 spiro atoms. The predicted octanol–water partition coefficient (Wildman–Crippen LogP) is 2.61. The van der Waals surface area contributed by atoms with Crippen molar-refractivity contribution in [2.75, 3.05) is 24.6 Å². The molecule has 0 atom stereocenters. The topological polar surface area (TPSA) is 37.4 Å². The number of hydrogen-bond acceptors (Lipinski definition) is 4. The van der Waals surface area contributed by atoms with Crippen LogP contribution in [0.2, 0.25) is 0 Å². The third-order valence-electron chi connectivity index (χ3n) is 2.54. The second kappa shape index (κ2) is 5.93. The number of alkyl halides is 1. The summed E-state index contributed by atoms with van der Waals surface area (Å²) in [5, 5.41) is 0. The van der Waals surface area contributed by atoms with E-state index in [0.29, 0.717) is 23.2 Å². The quantitative estimate of drug-likeness (QED) is 0.805. The number of nitrogens with zero attached hydrogens (tertiary/aromatic N) is 1. The van der Waals surface area contributed by atoms with Gasteiger partial charge in [-0.2, -0.15) is 16.1 Å². The highest BCUT2D eigenvalue weighted by Gasteiger charge is 2.26. The Hall–Kier alpha value is 0.250. The van der Waals surface area contributed by atoms with Gasteiger partial charge in [0.2, 0.25) is 0 Å². The van der Waals surface area contributed by atoms with Gasteiger partial charge in [0.25, 0.3) is 10.0 Å². The van der Waals surface area contributed by atoms with Crippen LogP contribution in [0.25, 0.3) is 0 Å². The lowest BCUT2D eigenvalue weighted by molar-refractivity contribution is 0.436.